The molecule has 9 aromatic carbocycles. The van der Waals surface area contributed by atoms with Gasteiger partial charge < -0.3 is 4.42 Å². The molecule has 1 heteroatoms. The zero-order chi connectivity index (χ0) is 50.3. The Morgan fingerprint density at radius 1 is 0.333 bits per heavy atom. The molecule has 1 nitrogen and oxygen atoms in total. The standard InChI is InChI=1S/C50H32O/c1-3-12-33(13-4-1)35-22-24-36(25-23-35)37-26-28-38(29-27-37)48-40-16-7-9-18-42(40)49(43-19-10-8-17-41(43)48)44-20-11-21-47-50(44)45-32-39(30-31-46(45)51-47)34-14-5-2-6-15-34/h1-32H/i2D,5D,6D,11D,14D,15D,20D,21D,22D,23D,24D,25D,26D,27D,28D,29D,30D,31D,32D. The Morgan fingerprint density at radius 2 is 0.843 bits per heavy atom. The van der Waals surface area contributed by atoms with Crippen LogP contribution in [-0.2, 0) is 0 Å². The average molecular weight is 668 g/mol. The van der Waals surface area contributed by atoms with E-state index in [2.05, 4.69) is 0 Å². The van der Waals surface area contributed by atoms with E-state index in [4.69, 9.17) is 22.2 Å². The van der Waals surface area contributed by atoms with Crippen molar-refractivity contribution in [2.75, 3.05) is 0 Å². The second kappa shape index (κ2) is 12.0. The van der Waals surface area contributed by atoms with Crippen molar-refractivity contribution in [3.8, 4) is 55.6 Å². The van der Waals surface area contributed by atoms with Crippen molar-refractivity contribution in [1.29, 1.82) is 0 Å². The van der Waals surface area contributed by atoms with Crippen LogP contribution < -0.4 is 0 Å². The highest BCUT2D eigenvalue weighted by Crippen LogP contribution is 2.47. The molecule has 0 aliphatic heterocycles. The van der Waals surface area contributed by atoms with Gasteiger partial charge in [0.05, 0.1) is 26.0 Å². The van der Waals surface area contributed by atoms with Gasteiger partial charge in [-0.2, -0.15) is 0 Å². The van der Waals surface area contributed by atoms with Crippen molar-refractivity contribution in [1.82, 2.24) is 0 Å². The molecule has 1 heterocycles. The van der Waals surface area contributed by atoms with Gasteiger partial charge in [0, 0.05) is 10.8 Å². The summed E-state index contributed by atoms with van der Waals surface area (Å²) >= 11 is 0. The van der Waals surface area contributed by atoms with Gasteiger partial charge in [0.25, 0.3) is 0 Å². The van der Waals surface area contributed by atoms with Crippen LogP contribution in [0.25, 0.3) is 99.1 Å². The van der Waals surface area contributed by atoms with Crippen molar-refractivity contribution in [3.63, 3.8) is 0 Å². The number of rotatable bonds is 5. The van der Waals surface area contributed by atoms with Gasteiger partial charge in [-0.15, -0.1) is 0 Å². The lowest BCUT2D eigenvalue weighted by molar-refractivity contribution is 0.669. The molecule has 0 radical (unpaired) electrons. The summed E-state index contributed by atoms with van der Waals surface area (Å²) in [6.45, 7) is 0. The summed E-state index contributed by atoms with van der Waals surface area (Å²) in [6.07, 6.45) is 0. The van der Waals surface area contributed by atoms with Crippen molar-refractivity contribution in [2.45, 2.75) is 0 Å². The van der Waals surface area contributed by atoms with E-state index in [1.165, 1.54) is 0 Å². The van der Waals surface area contributed by atoms with Crippen LogP contribution in [0.5, 0.6) is 0 Å². The molecule has 0 N–H and O–H groups in total. The summed E-state index contributed by atoms with van der Waals surface area (Å²) in [4.78, 5) is 0. The van der Waals surface area contributed by atoms with E-state index < -0.39 is 137 Å². The zero-order valence-corrected chi connectivity index (χ0v) is 26.4. The van der Waals surface area contributed by atoms with Gasteiger partial charge in [0.15, 0.2) is 0 Å². The lowest BCUT2D eigenvalue weighted by atomic mass is 9.84. The molecule has 0 saturated heterocycles. The van der Waals surface area contributed by atoms with Crippen LogP contribution in [0.1, 0.15) is 26.0 Å². The second-order valence-electron chi connectivity index (χ2n) is 11.7. The van der Waals surface area contributed by atoms with Crippen molar-refractivity contribution >= 4 is 43.5 Å². The van der Waals surface area contributed by atoms with Crippen LogP contribution in [0.2, 0.25) is 0 Å². The van der Waals surface area contributed by atoms with Crippen LogP contribution >= 0.6 is 0 Å². The molecule has 51 heavy (non-hydrogen) atoms. The van der Waals surface area contributed by atoms with E-state index in [1.807, 2.05) is 0 Å². The fourth-order valence-corrected chi connectivity index (χ4v) is 6.56. The third-order valence-electron chi connectivity index (χ3n) is 8.82. The van der Waals surface area contributed by atoms with Crippen molar-refractivity contribution in [2.24, 2.45) is 0 Å². The minimum atomic E-state index is -0.738. The largest absolute Gasteiger partial charge is 0.456 e. The minimum Gasteiger partial charge on any atom is -0.456 e. The van der Waals surface area contributed by atoms with E-state index in [-0.39, 0.29) is 49.8 Å². The Hall–Kier alpha value is -6.70. The van der Waals surface area contributed by atoms with Gasteiger partial charge in [0.1, 0.15) is 11.2 Å². The van der Waals surface area contributed by atoms with Crippen LogP contribution in [0, 0.1) is 0 Å². The maximum atomic E-state index is 9.60. The molecule has 238 valence electrons. The van der Waals surface area contributed by atoms with Crippen LogP contribution in [0.15, 0.2) is 198 Å². The van der Waals surface area contributed by atoms with E-state index in [0.29, 0.717) is 27.1 Å². The topological polar surface area (TPSA) is 13.1 Å². The highest BCUT2D eigenvalue weighted by atomic mass is 16.3. The molecule has 0 unspecified atom stereocenters. The van der Waals surface area contributed by atoms with Gasteiger partial charge in [0.2, 0.25) is 0 Å². The van der Waals surface area contributed by atoms with Crippen molar-refractivity contribution < 1.29 is 30.5 Å². The molecule has 0 aliphatic rings. The third kappa shape index (κ3) is 4.94. The molecule has 0 amide bonds. The SMILES string of the molecule is [2H]c1c([2H])c([2H])c(-c2c([2H])c([2H])c3oc4c([2H])c([2H])c([2H])c(-c5c6ccccc6c(-c6c([2H])c([2H])c(-c7c([2H])c([2H])c(-c8ccccc8)c([2H])c7[2H])c([2H])c6[2H])c6ccccc56)c4c3c2[2H])c([2H])c1[2H]. The highest BCUT2D eigenvalue weighted by Gasteiger charge is 2.20. The van der Waals surface area contributed by atoms with E-state index >= 15 is 0 Å². The van der Waals surface area contributed by atoms with Gasteiger partial charge >= 0.3 is 0 Å². The molecule has 0 aliphatic carbocycles. The number of benzene rings is 9. The Kier molecular flexibility index (Phi) is 3.74. The van der Waals surface area contributed by atoms with Crippen LogP contribution in [0.4, 0.5) is 0 Å². The first-order valence-corrected chi connectivity index (χ1v) is 16.0. The maximum absolute atomic E-state index is 9.60. The zero-order valence-electron chi connectivity index (χ0n) is 45.4. The predicted octanol–water partition coefficient (Wildman–Crippen LogP) is 14.2. The number of hydrogen-bond donors (Lipinski definition) is 0. The van der Waals surface area contributed by atoms with Gasteiger partial charge in [-0.3, -0.25) is 0 Å². The first-order chi connectivity index (χ1) is 33.2. The number of furan rings is 1. The molecule has 0 fully saturated rings. The fourth-order valence-electron chi connectivity index (χ4n) is 6.56. The average Bonchev–Trinajstić information content (AvgIpc) is 3.76. The summed E-state index contributed by atoms with van der Waals surface area (Å²) < 4.78 is 177. The smallest absolute Gasteiger partial charge is 0.136 e. The molecule has 0 bridgehead atoms. The maximum Gasteiger partial charge on any atom is 0.136 e. The van der Waals surface area contributed by atoms with Crippen LogP contribution in [-0.4, -0.2) is 0 Å². The van der Waals surface area contributed by atoms with Gasteiger partial charge in [-0.25, -0.2) is 0 Å². The first-order valence-electron chi connectivity index (χ1n) is 25.5. The summed E-state index contributed by atoms with van der Waals surface area (Å²) in [5.74, 6) is 0. The van der Waals surface area contributed by atoms with Crippen molar-refractivity contribution in [3.05, 3.63) is 194 Å². The van der Waals surface area contributed by atoms with E-state index in [1.54, 1.807) is 78.9 Å². The lowest BCUT2D eigenvalue weighted by Crippen LogP contribution is -1.91. The summed E-state index contributed by atoms with van der Waals surface area (Å²) in [6, 6.07) is 10.00. The van der Waals surface area contributed by atoms with Gasteiger partial charge in [-0.05, 0) is 95.3 Å². The quantitative estimate of drug-likeness (QED) is 0.167. The van der Waals surface area contributed by atoms with E-state index in [0.717, 1.165) is 0 Å². The Balaban J connectivity index is 1.31. The molecule has 0 saturated carbocycles. The normalized spacial score (nSPS) is 16.7. The Morgan fingerprint density at radius 3 is 1.47 bits per heavy atom. The lowest BCUT2D eigenvalue weighted by Gasteiger charge is -2.18. The molecule has 1 aromatic heterocycles. The summed E-state index contributed by atoms with van der Waals surface area (Å²) in [5, 5.41) is 0.966. The predicted molar refractivity (Wildman–Crippen MR) is 216 cm³/mol. The second-order valence-corrected chi connectivity index (χ2v) is 11.7. The minimum absolute atomic E-state index is 0.00499. The molecular weight excluding hydrogens is 617 g/mol. The molecule has 10 rings (SSSR count). The van der Waals surface area contributed by atoms with Crippen LogP contribution in [0.3, 0.4) is 0 Å². The summed E-state index contributed by atoms with van der Waals surface area (Å²) in [7, 11) is 0. The Labute approximate surface area is 323 Å². The Bertz CT molecular complexity index is 3850. The van der Waals surface area contributed by atoms with Gasteiger partial charge in [-0.1, -0.05) is 176 Å². The highest BCUT2D eigenvalue weighted by molar-refractivity contribution is 6.25. The molecule has 0 spiro atoms. The van der Waals surface area contributed by atoms with E-state index in [9.17, 15) is 8.22 Å². The molecular formula is C50H32O. The number of fused-ring (bicyclic) bond motifs is 5. The third-order valence-corrected chi connectivity index (χ3v) is 8.82. The first kappa shape index (κ1) is 15.9. The monoisotopic (exact) mass is 667 g/mol. The fraction of sp³-hybridized carbons (Fsp3) is 0. The number of hydrogen-bond acceptors (Lipinski definition) is 1. The summed E-state index contributed by atoms with van der Waals surface area (Å²) in [5.41, 5.74) is -1.96. The molecule has 10 aromatic rings. The molecule has 0 atom stereocenters.